The van der Waals surface area contributed by atoms with Crippen LogP contribution in [0.1, 0.15) is 27.7 Å². The molecule has 2 aromatic rings. The van der Waals surface area contributed by atoms with Gasteiger partial charge >= 0.3 is 5.97 Å². The lowest BCUT2D eigenvalue weighted by molar-refractivity contribution is 0.0696. The number of nitrogens with zero attached hydrogens (tertiary/aromatic N) is 2. The number of hydrogen-bond acceptors (Lipinski definition) is 5. The van der Waals surface area contributed by atoms with E-state index in [4.69, 9.17) is 9.52 Å². The fourth-order valence-corrected chi connectivity index (χ4v) is 2.23. The average Bonchev–Trinajstić information content (AvgIpc) is 2.74. The Bertz CT molecular complexity index is 580. The summed E-state index contributed by atoms with van der Waals surface area (Å²) in [5.74, 6) is 0.683. The molecule has 1 aromatic heterocycles. The number of aryl methyl sites for hydroxylation is 2. The van der Waals surface area contributed by atoms with Gasteiger partial charge in [-0.1, -0.05) is 6.07 Å². The van der Waals surface area contributed by atoms with Crippen molar-refractivity contribution in [2.75, 3.05) is 0 Å². The number of carboxylic acids is 1. The molecule has 0 aliphatic heterocycles. The molecule has 1 N–H and O–H groups in total. The van der Waals surface area contributed by atoms with Gasteiger partial charge in [-0.2, -0.15) is 0 Å². The number of benzene rings is 1. The Kier molecular flexibility index (Phi) is 3.66. The lowest BCUT2D eigenvalue weighted by Gasteiger charge is -2.03. The van der Waals surface area contributed by atoms with E-state index < -0.39 is 5.97 Å². The summed E-state index contributed by atoms with van der Waals surface area (Å²) in [4.78, 5) is 11.9. The van der Waals surface area contributed by atoms with Crippen LogP contribution < -0.4 is 0 Å². The number of carboxylic acid groups (broad SMARTS) is 1. The summed E-state index contributed by atoms with van der Waals surface area (Å²) in [5, 5.41) is 16.6. The van der Waals surface area contributed by atoms with E-state index in [2.05, 4.69) is 10.2 Å². The normalized spacial score (nSPS) is 10.6. The Morgan fingerprint density at radius 1 is 1.39 bits per heavy atom. The van der Waals surface area contributed by atoms with Gasteiger partial charge in [-0.05, 0) is 24.6 Å². The highest BCUT2D eigenvalue weighted by molar-refractivity contribution is 7.98. The van der Waals surface area contributed by atoms with E-state index in [0.717, 1.165) is 10.5 Å². The van der Waals surface area contributed by atoms with E-state index in [1.54, 1.807) is 26.0 Å². The molecule has 0 spiro atoms. The van der Waals surface area contributed by atoms with Crippen LogP contribution in [-0.2, 0) is 5.75 Å². The van der Waals surface area contributed by atoms with Crippen LogP contribution in [-0.4, -0.2) is 21.3 Å². The number of thioether (sulfide) groups is 1. The molecule has 1 aromatic carbocycles. The first-order valence-corrected chi connectivity index (χ1v) is 6.30. The molecule has 94 valence electrons. The molecule has 0 amide bonds. The average molecular weight is 264 g/mol. The second-order valence-corrected chi connectivity index (χ2v) is 4.83. The summed E-state index contributed by atoms with van der Waals surface area (Å²) in [6.45, 7) is 3.51. The third kappa shape index (κ3) is 2.89. The number of aromatic nitrogens is 2. The van der Waals surface area contributed by atoms with Crippen LogP contribution in [0.3, 0.4) is 0 Å². The van der Waals surface area contributed by atoms with Crippen LogP contribution in [0.15, 0.2) is 27.5 Å². The maximum atomic E-state index is 11.0. The monoisotopic (exact) mass is 264 g/mol. The SMILES string of the molecule is Cc1nnc(CSc2ccc(C)c(C(=O)O)c2)o1. The molecule has 2 rings (SSSR count). The van der Waals surface area contributed by atoms with Crippen molar-refractivity contribution in [2.24, 2.45) is 0 Å². The van der Waals surface area contributed by atoms with Gasteiger partial charge in [-0.15, -0.1) is 22.0 Å². The number of carbonyl (C=O) groups is 1. The fourth-order valence-electron chi connectivity index (χ4n) is 1.46. The second kappa shape index (κ2) is 5.22. The summed E-state index contributed by atoms with van der Waals surface area (Å²) >= 11 is 1.47. The Balaban J connectivity index is 2.10. The molecular formula is C12H12N2O3S. The lowest BCUT2D eigenvalue weighted by Crippen LogP contribution is -1.99. The number of aromatic carboxylic acids is 1. The van der Waals surface area contributed by atoms with Crippen molar-refractivity contribution in [2.45, 2.75) is 24.5 Å². The molecule has 0 saturated heterocycles. The second-order valence-electron chi connectivity index (χ2n) is 3.79. The van der Waals surface area contributed by atoms with Crippen LogP contribution in [0.2, 0.25) is 0 Å². The van der Waals surface area contributed by atoms with E-state index in [0.29, 0.717) is 23.1 Å². The minimum absolute atomic E-state index is 0.321. The van der Waals surface area contributed by atoms with E-state index in [-0.39, 0.29) is 0 Å². The first kappa shape index (κ1) is 12.6. The molecule has 1 heterocycles. The topological polar surface area (TPSA) is 76.2 Å². The Hall–Kier alpha value is -1.82. The third-order valence-electron chi connectivity index (χ3n) is 2.37. The van der Waals surface area contributed by atoms with Crippen LogP contribution in [0.4, 0.5) is 0 Å². The first-order chi connectivity index (χ1) is 8.56. The molecule has 0 aliphatic carbocycles. The highest BCUT2D eigenvalue weighted by Gasteiger charge is 2.09. The minimum atomic E-state index is -0.913. The molecule has 0 saturated carbocycles. The molecule has 5 nitrogen and oxygen atoms in total. The first-order valence-electron chi connectivity index (χ1n) is 5.32. The van der Waals surface area contributed by atoms with Crippen molar-refractivity contribution in [3.05, 3.63) is 41.1 Å². The van der Waals surface area contributed by atoms with Gasteiger partial charge in [0.05, 0.1) is 11.3 Å². The third-order valence-corrected chi connectivity index (χ3v) is 3.35. The highest BCUT2D eigenvalue weighted by atomic mass is 32.2. The van der Waals surface area contributed by atoms with Gasteiger partial charge in [-0.3, -0.25) is 0 Å². The fraction of sp³-hybridized carbons (Fsp3) is 0.250. The van der Waals surface area contributed by atoms with Gasteiger partial charge < -0.3 is 9.52 Å². The Labute approximate surface area is 108 Å². The standard InChI is InChI=1S/C12H12N2O3S/c1-7-3-4-9(5-10(7)12(15)16)18-6-11-14-13-8(2)17-11/h3-5H,6H2,1-2H3,(H,15,16). The van der Waals surface area contributed by atoms with Crippen LogP contribution in [0.25, 0.3) is 0 Å². The number of rotatable bonds is 4. The predicted octanol–water partition coefficient (Wildman–Crippen LogP) is 2.68. The smallest absolute Gasteiger partial charge is 0.335 e. The predicted molar refractivity (Wildman–Crippen MR) is 66.7 cm³/mol. The van der Waals surface area contributed by atoms with Crippen molar-refractivity contribution >= 4 is 17.7 Å². The van der Waals surface area contributed by atoms with Gasteiger partial charge in [0.1, 0.15) is 0 Å². The number of hydrogen-bond donors (Lipinski definition) is 1. The van der Waals surface area contributed by atoms with Crippen LogP contribution in [0, 0.1) is 13.8 Å². The van der Waals surface area contributed by atoms with Crippen LogP contribution >= 0.6 is 11.8 Å². The molecule has 0 radical (unpaired) electrons. The van der Waals surface area contributed by atoms with Crippen molar-refractivity contribution in [1.82, 2.24) is 10.2 Å². The molecule has 0 aliphatic rings. The minimum Gasteiger partial charge on any atom is -0.478 e. The van der Waals surface area contributed by atoms with Crippen molar-refractivity contribution in [3.8, 4) is 0 Å². The zero-order valence-electron chi connectivity index (χ0n) is 10.0. The zero-order chi connectivity index (χ0) is 13.1. The lowest BCUT2D eigenvalue weighted by atomic mass is 10.1. The summed E-state index contributed by atoms with van der Waals surface area (Å²) in [6, 6.07) is 5.34. The molecule has 0 bridgehead atoms. The highest BCUT2D eigenvalue weighted by Crippen LogP contribution is 2.24. The van der Waals surface area contributed by atoms with E-state index in [1.807, 2.05) is 6.07 Å². The molecule has 0 unspecified atom stereocenters. The van der Waals surface area contributed by atoms with Crippen molar-refractivity contribution in [3.63, 3.8) is 0 Å². The molecule has 0 fully saturated rings. The summed E-state index contributed by atoms with van der Waals surface area (Å²) in [7, 11) is 0. The quantitative estimate of drug-likeness (QED) is 0.855. The maximum Gasteiger partial charge on any atom is 0.335 e. The van der Waals surface area contributed by atoms with Crippen LogP contribution in [0.5, 0.6) is 0 Å². The molecule has 0 atom stereocenters. The van der Waals surface area contributed by atoms with Crippen molar-refractivity contribution < 1.29 is 14.3 Å². The van der Waals surface area contributed by atoms with Gasteiger partial charge in [0, 0.05) is 11.8 Å². The summed E-state index contributed by atoms with van der Waals surface area (Å²) in [5.41, 5.74) is 1.07. The van der Waals surface area contributed by atoms with E-state index >= 15 is 0 Å². The zero-order valence-corrected chi connectivity index (χ0v) is 10.8. The van der Waals surface area contributed by atoms with Gasteiger partial charge in [0.25, 0.3) is 0 Å². The Morgan fingerprint density at radius 3 is 2.78 bits per heavy atom. The summed E-state index contributed by atoms with van der Waals surface area (Å²) in [6.07, 6.45) is 0. The molecule has 18 heavy (non-hydrogen) atoms. The van der Waals surface area contributed by atoms with Crippen molar-refractivity contribution in [1.29, 1.82) is 0 Å². The van der Waals surface area contributed by atoms with Gasteiger partial charge in [0.15, 0.2) is 0 Å². The Morgan fingerprint density at radius 2 is 2.17 bits per heavy atom. The van der Waals surface area contributed by atoms with Gasteiger partial charge in [-0.25, -0.2) is 4.79 Å². The molecular weight excluding hydrogens is 252 g/mol. The summed E-state index contributed by atoms with van der Waals surface area (Å²) < 4.78 is 5.25. The van der Waals surface area contributed by atoms with E-state index in [1.165, 1.54) is 11.8 Å². The van der Waals surface area contributed by atoms with E-state index in [9.17, 15) is 4.79 Å². The van der Waals surface area contributed by atoms with Gasteiger partial charge in [0.2, 0.25) is 11.8 Å². The molecule has 6 heteroatoms. The maximum absolute atomic E-state index is 11.0. The largest absolute Gasteiger partial charge is 0.478 e.